The number of nitrogens with zero attached hydrogens (tertiary/aromatic N) is 2. The first-order valence-electron chi connectivity index (χ1n) is 13.0. The number of benzene rings is 2. The first kappa shape index (κ1) is 29.3. The van der Waals surface area contributed by atoms with Gasteiger partial charge in [0.05, 0.1) is 42.2 Å². The van der Waals surface area contributed by atoms with Crippen molar-refractivity contribution in [3.63, 3.8) is 0 Å². The lowest BCUT2D eigenvalue weighted by molar-refractivity contribution is -0.139. The summed E-state index contributed by atoms with van der Waals surface area (Å²) in [6, 6.07) is 13.4. The molecule has 0 aliphatic carbocycles. The fourth-order valence-corrected chi connectivity index (χ4v) is 6.30. The van der Waals surface area contributed by atoms with Crippen LogP contribution in [0.3, 0.4) is 0 Å². The second-order valence-corrected chi connectivity index (χ2v) is 11.3. The summed E-state index contributed by atoms with van der Waals surface area (Å²) < 4.78 is 24.5. The molecular weight excluding hydrogens is 624 g/mol. The van der Waals surface area contributed by atoms with E-state index in [2.05, 4.69) is 20.9 Å². The van der Waals surface area contributed by atoms with Crippen LogP contribution in [0, 0.1) is 6.92 Å². The highest BCUT2D eigenvalue weighted by atomic mass is 79.9. The molecule has 2 aromatic carbocycles. The predicted octanol–water partition coefficient (Wildman–Crippen LogP) is 4.92. The van der Waals surface area contributed by atoms with Crippen molar-refractivity contribution in [2.75, 3.05) is 20.8 Å². The second-order valence-electron chi connectivity index (χ2n) is 9.41. The molecule has 0 saturated heterocycles. The largest absolute Gasteiger partial charge is 0.496 e. The summed E-state index contributed by atoms with van der Waals surface area (Å²) >= 11 is 4.70. The number of aryl methyl sites for hydroxylation is 1. The lowest BCUT2D eigenvalue weighted by Crippen LogP contribution is -2.40. The Bertz CT molecular complexity index is 1930. The number of allylic oxidation sites excluding steroid dienone is 1. The van der Waals surface area contributed by atoms with E-state index in [9.17, 15) is 14.4 Å². The van der Waals surface area contributed by atoms with Crippen molar-refractivity contribution in [3.8, 4) is 17.1 Å². The van der Waals surface area contributed by atoms with Gasteiger partial charge < -0.3 is 18.6 Å². The molecule has 4 aromatic rings. The number of hydrogen-bond acceptors (Lipinski definition) is 9. The van der Waals surface area contributed by atoms with Gasteiger partial charge >= 0.3 is 11.9 Å². The fraction of sp³-hybridized carbons (Fsp3) is 0.226. The number of methoxy groups -OCH3 is 2. The van der Waals surface area contributed by atoms with Gasteiger partial charge in [-0.15, -0.1) is 0 Å². The van der Waals surface area contributed by atoms with Gasteiger partial charge in [0.15, 0.2) is 4.80 Å². The third-order valence-corrected chi connectivity index (χ3v) is 8.29. The van der Waals surface area contributed by atoms with Crippen LogP contribution >= 0.6 is 27.3 Å². The number of furan rings is 1. The van der Waals surface area contributed by atoms with Crippen LogP contribution in [0.25, 0.3) is 17.4 Å². The lowest BCUT2D eigenvalue weighted by atomic mass is 9.95. The van der Waals surface area contributed by atoms with Crippen LogP contribution in [0.2, 0.25) is 0 Å². The number of aromatic nitrogens is 1. The molecular formula is C31H27BrN2O7S. The van der Waals surface area contributed by atoms with Crippen LogP contribution in [-0.4, -0.2) is 37.3 Å². The smallest absolute Gasteiger partial charge is 0.338 e. The molecule has 216 valence electrons. The summed E-state index contributed by atoms with van der Waals surface area (Å²) in [5.74, 6) is 0.591. The van der Waals surface area contributed by atoms with Gasteiger partial charge in [0.2, 0.25) is 0 Å². The van der Waals surface area contributed by atoms with E-state index in [1.165, 1.54) is 30.1 Å². The zero-order chi connectivity index (χ0) is 30.1. The Morgan fingerprint density at radius 3 is 2.57 bits per heavy atom. The Morgan fingerprint density at radius 1 is 1.10 bits per heavy atom. The minimum atomic E-state index is -0.821. The topological polar surface area (TPSA) is 109 Å². The zero-order valence-corrected chi connectivity index (χ0v) is 25.9. The molecule has 1 atom stereocenters. The average Bonchev–Trinajstić information content (AvgIpc) is 3.55. The van der Waals surface area contributed by atoms with E-state index in [4.69, 9.17) is 18.6 Å². The van der Waals surface area contributed by atoms with Crippen molar-refractivity contribution < 1.29 is 28.2 Å². The van der Waals surface area contributed by atoms with Crippen molar-refractivity contribution in [1.29, 1.82) is 0 Å². The van der Waals surface area contributed by atoms with E-state index in [1.54, 1.807) is 56.3 Å². The lowest BCUT2D eigenvalue weighted by Gasteiger charge is -2.26. The predicted molar refractivity (Wildman–Crippen MR) is 161 cm³/mol. The quantitative estimate of drug-likeness (QED) is 0.261. The first-order valence-corrected chi connectivity index (χ1v) is 14.6. The van der Waals surface area contributed by atoms with E-state index >= 15 is 0 Å². The van der Waals surface area contributed by atoms with E-state index < -0.39 is 18.0 Å². The van der Waals surface area contributed by atoms with Gasteiger partial charge in [-0.3, -0.25) is 9.36 Å². The highest BCUT2D eigenvalue weighted by Crippen LogP contribution is 2.37. The molecule has 0 saturated carbocycles. The molecule has 3 heterocycles. The molecule has 2 aromatic heterocycles. The molecule has 0 bridgehead atoms. The number of carbonyl (C=O) groups excluding carboxylic acids is 2. The maximum Gasteiger partial charge on any atom is 0.338 e. The molecule has 0 fully saturated rings. The van der Waals surface area contributed by atoms with Gasteiger partial charge in [-0.25, -0.2) is 14.6 Å². The standard InChI is InChI=1S/C31H27BrN2O7S/c1-6-40-30(37)26-17(3)33-31-34(27(26)22-14-19(32)8-11-23(22)38-4)28(35)25(42-31)15-20-9-12-24(41-20)21-10-7-18(13-16(21)2)29(36)39-5/h7-15,27H,6H2,1-5H3/b25-15-/t27-/m0/s1. The maximum atomic E-state index is 13.9. The van der Waals surface area contributed by atoms with Gasteiger partial charge in [-0.05, 0) is 68.8 Å². The minimum absolute atomic E-state index is 0.175. The molecule has 0 unspecified atom stereocenters. The summed E-state index contributed by atoms with van der Waals surface area (Å²) in [6.45, 7) is 5.51. The Labute approximate surface area is 253 Å². The van der Waals surface area contributed by atoms with Gasteiger partial charge in [0, 0.05) is 21.7 Å². The number of rotatable bonds is 7. The minimum Gasteiger partial charge on any atom is -0.496 e. The zero-order valence-electron chi connectivity index (χ0n) is 23.5. The number of ether oxygens (including phenoxy) is 3. The summed E-state index contributed by atoms with van der Waals surface area (Å²) in [5.41, 5.74) is 3.08. The van der Waals surface area contributed by atoms with Crippen LogP contribution in [0.4, 0.5) is 0 Å². The van der Waals surface area contributed by atoms with E-state index in [-0.39, 0.29) is 17.7 Å². The monoisotopic (exact) mass is 650 g/mol. The molecule has 0 radical (unpaired) electrons. The Kier molecular flexibility index (Phi) is 8.33. The van der Waals surface area contributed by atoms with Crippen LogP contribution in [0.5, 0.6) is 5.75 Å². The van der Waals surface area contributed by atoms with Gasteiger partial charge in [-0.1, -0.05) is 33.3 Å². The van der Waals surface area contributed by atoms with Crippen molar-refractivity contribution in [2.24, 2.45) is 4.99 Å². The summed E-state index contributed by atoms with van der Waals surface area (Å²) in [7, 11) is 2.88. The second kappa shape index (κ2) is 11.9. The third-order valence-electron chi connectivity index (χ3n) is 6.82. The number of carbonyl (C=O) groups is 2. The highest BCUT2D eigenvalue weighted by Gasteiger charge is 2.35. The van der Waals surface area contributed by atoms with Crippen molar-refractivity contribution in [2.45, 2.75) is 26.8 Å². The molecule has 5 rings (SSSR count). The number of hydrogen-bond donors (Lipinski definition) is 0. The van der Waals surface area contributed by atoms with Crippen molar-refractivity contribution in [3.05, 3.63) is 106 Å². The van der Waals surface area contributed by atoms with Crippen LogP contribution in [-0.2, 0) is 14.3 Å². The summed E-state index contributed by atoms with van der Waals surface area (Å²) in [5, 5.41) is 0. The van der Waals surface area contributed by atoms with Crippen LogP contribution < -0.4 is 19.6 Å². The summed E-state index contributed by atoms with van der Waals surface area (Å²) in [6.07, 6.45) is 1.66. The van der Waals surface area contributed by atoms with Crippen molar-refractivity contribution in [1.82, 2.24) is 4.57 Å². The molecule has 42 heavy (non-hydrogen) atoms. The number of halogens is 1. The molecule has 11 heteroatoms. The molecule has 0 spiro atoms. The highest BCUT2D eigenvalue weighted by molar-refractivity contribution is 9.10. The molecule has 1 aliphatic heterocycles. The molecule has 1 aliphatic rings. The van der Waals surface area contributed by atoms with Gasteiger partial charge in [0.25, 0.3) is 5.56 Å². The van der Waals surface area contributed by atoms with E-state index in [1.807, 2.05) is 19.1 Å². The molecule has 0 amide bonds. The number of fused-ring (bicyclic) bond motifs is 1. The number of thiazole rings is 1. The fourth-order valence-electron chi connectivity index (χ4n) is 4.89. The Balaban J connectivity index is 1.63. The Hall–Kier alpha value is -4.22. The third kappa shape index (κ3) is 5.37. The van der Waals surface area contributed by atoms with Gasteiger partial charge in [-0.2, -0.15) is 0 Å². The van der Waals surface area contributed by atoms with E-state index in [0.717, 1.165) is 15.6 Å². The van der Waals surface area contributed by atoms with Gasteiger partial charge in [0.1, 0.15) is 23.3 Å². The van der Waals surface area contributed by atoms with Crippen LogP contribution in [0.1, 0.15) is 47.1 Å². The maximum absolute atomic E-state index is 13.9. The SMILES string of the molecule is CCOC(=O)C1=C(C)N=c2s/c(=C\c3ccc(-c4ccc(C(=O)OC)cc4C)o3)c(=O)n2[C@H]1c1cc(Br)ccc1OC. The Morgan fingerprint density at radius 2 is 1.88 bits per heavy atom. The van der Waals surface area contributed by atoms with E-state index in [0.29, 0.717) is 43.4 Å². The average molecular weight is 652 g/mol. The molecule has 0 N–H and O–H groups in total. The normalized spacial score (nSPS) is 14.8. The molecule has 9 nitrogen and oxygen atoms in total. The van der Waals surface area contributed by atoms with Crippen molar-refractivity contribution >= 4 is 45.3 Å². The summed E-state index contributed by atoms with van der Waals surface area (Å²) in [4.78, 5) is 44.1. The number of esters is 2. The van der Waals surface area contributed by atoms with Crippen LogP contribution in [0.15, 0.2) is 78.5 Å². The first-order chi connectivity index (χ1) is 20.2.